The summed E-state index contributed by atoms with van der Waals surface area (Å²) in [5, 5.41) is 13.1. The summed E-state index contributed by atoms with van der Waals surface area (Å²) in [5.41, 5.74) is 2.40. The number of anilines is 1. The standard InChI is InChI=1S/C22H28N4O3S/c1-13-8-28-9-16-10-29-17-18(21(2,3)30)24-19(25-20(17)26(13)16)14-5-4-6-15(7-14)22(12-27)11-23-22/h4-7,13,16,23,27,30H,8-12H2,1-3H3/t13-,16+,22?/m1/s1. The Morgan fingerprint density at radius 2 is 2.10 bits per heavy atom. The lowest BCUT2D eigenvalue weighted by atomic mass is 9.97. The minimum atomic E-state index is -0.494. The number of aliphatic hydroxyl groups is 1. The van der Waals surface area contributed by atoms with Gasteiger partial charge in [0.15, 0.2) is 17.4 Å². The van der Waals surface area contributed by atoms with Crippen molar-refractivity contribution >= 4 is 18.4 Å². The Labute approximate surface area is 182 Å². The molecule has 2 N–H and O–H groups in total. The molecular weight excluding hydrogens is 400 g/mol. The highest BCUT2D eigenvalue weighted by molar-refractivity contribution is 7.81. The molecule has 0 radical (unpaired) electrons. The van der Waals surface area contributed by atoms with Gasteiger partial charge in [0.1, 0.15) is 12.3 Å². The van der Waals surface area contributed by atoms with E-state index in [0.29, 0.717) is 25.6 Å². The minimum absolute atomic E-state index is 0.0667. The Kier molecular flexibility index (Phi) is 4.74. The zero-order chi connectivity index (χ0) is 21.1. The molecule has 2 saturated heterocycles. The van der Waals surface area contributed by atoms with E-state index in [1.165, 1.54) is 0 Å². The number of aromatic nitrogens is 2. The summed E-state index contributed by atoms with van der Waals surface area (Å²) in [6.07, 6.45) is 0. The van der Waals surface area contributed by atoms with Gasteiger partial charge in [-0.3, -0.25) is 0 Å². The molecule has 0 spiro atoms. The lowest BCUT2D eigenvalue weighted by Gasteiger charge is -2.45. The lowest BCUT2D eigenvalue weighted by molar-refractivity contribution is 0.0482. The number of ether oxygens (including phenoxy) is 2. The molecule has 0 saturated carbocycles. The molecule has 4 heterocycles. The summed E-state index contributed by atoms with van der Waals surface area (Å²) < 4.78 is 11.4. The Bertz CT molecular complexity index is 973. The van der Waals surface area contributed by atoms with Crippen LogP contribution in [0.5, 0.6) is 5.75 Å². The van der Waals surface area contributed by atoms with Gasteiger partial charge in [-0.15, -0.1) is 0 Å². The van der Waals surface area contributed by atoms with Gasteiger partial charge in [0, 0.05) is 12.1 Å². The van der Waals surface area contributed by atoms with Gasteiger partial charge in [-0.1, -0.05) is 18.2 Å². The number of hydrogen-bond donors (Lipinski definition) is 3. The average Bonchev–Trinajstić information content (AvgIpc) is 3.53. The molecule has 0 bridgehead atoms. The maximum absolute atomic E-state index is 9.80. The van der Waals surface area contributed by atoms with Gasteiger partial charge in [-0.2, -0.15) is 12.6 Å². The molecule has 160 valence electrons. The SMILES string of the molecule is C[C@@H]1COC[C@H]2COc3c(nc(-c4cccc(C5(CO)CN5)c4)nc3C(C)(C)S)N21. The lowest BCUT2D eigenvalue weighted by Crippen LogP contribution is -2.56. The third-order valence-corrected chi connectivity index (χ3v) is 6.39. The minimum Gasteiger partial charge on any atom is -0.486 e. The predicted octanol–water partition coefficient (Wildman–Crippen LogP) is 2.09. The van der Waals surface area contributed by atoms with E-state index in [0.717, 1.165) is 34.9 Å². The van der Waals surface area contributed by atoms with E-state index in [2.05, 4.69) is 23.2 Å². The van der Waals surface area contributed by atoms with Crippen molar-refractivity contribution in [1.82, 2.24) is 15.3 Å². The summed E-state index contributed by atoms with van der Waals surface area (Å²) in [5.74, 6) is 2.18. The number of rotatable bonds is 4. The largest absolute Gasteiger partial charge is 0.486 e. The van der Waals surface area contributed by atoms with Crippen LogP contribution < -0.4 is 15.0 Å². The third-order valence-electron chi connectivity index (χ3n) is 6.18. The molecule has 2 fully saturated rings. The molecule has 30 heavy (non-hydrogen) atoms. The van der Waals surface area contributed by atoms with Crippen LogP contribution in [0.1, 0.15) is 32.0 Å². The smallest absolute Gasteiger partial charge is 0.184 e. The normalized spacial score (nSPS) is 27.8. The number of thiol groups is 1. The van der Waals surface area contributed by atoms with Crippen LogP contribution in [0.25, 0.3) is 11.4 Å². The monoisotopic (exact) mass is 428 g/mol. The molecule has 3 aliphatic rings. The molecule has 1 aromatic carbocycles. The highest BCUT2D eigenvalue weighted by atomic mass is 32.1. The first-order valence-corrected chi connectivity index (χ1v) is 10.9. The van der Waals surface area contributed by atoms with Crippen LogP contribution in [0, 0.1) is 0 Å². The zero-order valence-corrected chi connectivity index (χ0v) is 18.4. The van der Waals surface area contributed by atoms with E-state index in [4.69, 9.17) is 32.1 Å². The van der Waals surface area contributed by atoms with Crippen LogP contribution in [0.2, 0.25) is 0 Å². The fraction of sp³-hybridized carbons (Fsp3) is 0.545. The number of aliphatic hydroxyl groups excluding tert-OH is 1. The Balaban J connectivity index is 1.66. The van der Waals surface area contributed by atoms with Crippen LogP contribution in [0.15, 0.2) is 24.3 Å². The van der Waals surface area contributed by atoms with Crippen molar-refractivity contribution in [3.05, 3.63) is 35.5 Å². The molecular formula is C22H28N4O3S. The van der Waals surface area contributed by atoms with E-state index in [-0.39, 0.29) is 24.2 Å². The Morgan fingerprint density at radius 1 is 1.30 bits per heavy atom. The number of nitrogens with one attached hydrogen (secondary N) is 1. The first-order chi connectivity index (χ1) is 14.3. The molecule has 1 aromatic heterocycles. The number of hydrogen-bond acceptors (Lipinski definition) is 8. The van der Waals surface area contributed by atoms with Gasteiger partial charge < -0.3 is 24.8 Å². The summed E-state index contributed by atoms with van der Waals surface area (Å²) >= 11 is 4.81. The van der Waals surface area contributed by atoms with E-state index >= 15 is 0 Å². The van der Waals surface area contributed by atoms with Crippen molar-refractivity contribution in [1.29, 1.82) is 0 Å². The van der Waals surface area contributed by atoms with Crippen LogP contribution >= 0.6 is 12.6 Å². The molecule has 0 amide bonds. The first kappa shape index (κ1) is 20.1. The van der Waals surface area contributed by atoms with Gasteiger partial charge in [-0.05, 0) is 32.4 Å². The number of morpholine rings is 1. The summed E-state index contributed by atoms with van der Waals surface area (Å²) in [6.45, 7) is 8.87. The Morgan fingerprint density at radius 3 is 2.80 bits per heavy atom. The number of nitrogens with zero attached hydrogens (tertiary/aromatic N) is 3. The predicted molar refractivity (Wildman–Crippen MR) is 118 cm³/mol. The summed E-state index contributed by atoms with van der Waals surface area (Å²) in [6, 6.07) is 8.44. The average molecular weight is 429 g/mol. The fourth-order valence-corrected chi connectivity index (χ4v) is 4.50. The van der Waals surface area contributed by atoms with Crippen molar-refractivity contribution in [2.24, 2.45) is 0 Å². The number of fused-ring (bicyclic) bond motifs is 3. The highest BCUT2D eigenvalue weighted by Gasteiger charge is 2.43. The second-order valence-electron chi connectivity index (χ2n) is 9.04. The van der Waals surface area contributed by atoms with Crippen LogP contribution in [-0.4, -0.2) is 60.1 Å². The van der Waals surface area contributed by atoms with Crippen molar-refractivity contribution in [2.45, 2.75) is 43.1 Å². The quantitative estimate of drug-likeness (QED) is 0.507. The Hall–Kier alpha value is -1.87. The van der Waals surface area contributed by atoms with E-state index in [9.17, 15) is 5.11 Å². The van der Waals surface area contributed by atoms with Crippen molar-refractivity contribution < 1.29 is 14.6 Å². The third kappa shape index (κ3) is 3.26. The second kappa shape index (κ2) is 7.09. The van der Waals surface area contributed by atoms with Crippen LogP contribution in [0.3, 0.4) is 0 Å². The van der Waals surface area contributed by atoms with Crippen LogP contribution in [-0.2, 0) is 15.0 Å². The van der Waals surface area contributed by atoms with Gasteiger partial charge in [0.25, 0.3) is 0 Å². The van der Waals surface area contributed by atoms with Crippen molar-refractivity contribution in [3.63, 3.8) is 0 Å². The zero-order valence-electron chi connectivity index (χ0n) is 17.6. The molecule has 1 unspecified atom stereocenters. The summed E-state index contributed by atoms with van der Waals surface area (Å²) in [7, 11) is 0. The van der Waals surface area contributed by atoms with Crippen molar-refractivity contribution in [2.75, 3.05) is 37.9 Å². The summed E-state index contributed by atoms with van der Waals surface area (Å²) in [4.78, 5) is 12.2. The number of benzene rings is 1. The van der Waals surface area contributed by atoms with Crippen LogP contribution in [0.4, 0.5) is 5.82 Å². The highest BCUT2D eigenvalue weighted by Crippen LogP contribution is 2.44. The van der Waals surface area contributed by atoms with E-state index in [1.807, 2.05) is 32.0 Å². The molecule has 7 nitrogen and oxygen atoms in total. The molecule has 2 aromatic rings. The second-order valence-corrected chi connectivity index (χ2v) is 10.2. The van der Waals surface area contributed by atoms with Gasteiger partial charge in [0.05, 0.1) is 42.2 Å². The molecule has 5 rings (SSSR count). The maximum Gasteiger partial charge on any atom is 0.184 e. The molecule has 8 heteroatoms. The maximum atomic E-state index is 9.80. The topological polar surface area (TPSA) is 89.6 Å². The van der Waals surface area contributed by atoms with Gasteiger partial charge in [-0.25, -0.2) is 9.97 Å². The van der Waals surface area contributed by atoms with Gasteiger partial charge in [0.2, 0.25) is 0 Å². The molecule has 0 aliphatic carbocycles. The van der Waals surface area contributed by atoms with Gasteiger partial charge >= 0.3 is 0 Å². The fourth-order valence-electron chi connectivity index (χ4n) is 4.34. The first-order valence-electron chi connectivity index (χ1n) is 10.4. The molecule has 3 atom stereocenters. The molecule has 3 aliphatic heterocycles. The van der Waals surface area contributed by atoms with E-state index in [1.54, 1.807) is 0 Å². The van der Waals surface area contributed by atoms with E-state index < -0.39 is 4.75 Å². The van der Waals surface area contributed by atoms with Crippen molar-refractivity contribution in [3.8, 4) is 17.1 Å².